The summed E-state index contributed by atoms with van der Waals surface area (Å²) in [7, 11) is 1.67. The molecule has 1 amide bonds. The molecule has 0 aliphatic carbocycles. The number of ether oxygens (including phenoxy) is 1. The van der Waals surface area contributed by atoms with Crippen LogP contribution in [-0.2, 0) is 11.3 Å². The fraction of sp³-hybridized carbons (Fsp3) is 0.276. The van der Waals surface area contributed by atoms with E-state index in [9.17, 15) is 4.79 Å². The molecular formula is C29H32N2O2. The molecule has 0 saturated heterocycles. The fourth-order valence-electron chi connectivity index (χ4n) is 4.28. The number of nitrogens with zero attached hydrogens (tertiary/aromatic N) is 1. The largest absolute Gasteiger partial charge is 0.497 e. The lowest BCUT2D eigenvalue weighted by Gasteiger charge is -2.18. The maximum Gasteiger partial charge on any atom is 0.220 e. The predicted octanol–water partition coefficient (Wildman–Crippen LogP) is 5.99. The number of amides is 1. The Morgan fingerprint density at radius 1 is 0.939 bits per heavy atom. The summed E-state index contributed by atoms with van der Waals surface area (Å²) in [6, 6.07) is 27.0. The second-order valence-electron chi connectivity index (χ2n) is 8.94. The number of nitrogens with one attached hydrogen (secondary N) is 1. The van der Waals surface area contributed by atoms with E-state index in [-0.39, 0.29) is 11.8 Å². The van der Waals surface area contributed by atoms with E-state index in [0.29, 0.717) is 18.9 Å². The van der Waals surface area contributed by atoms with E-state index in [1.165, 1.54) is 22.0 Å². The van der Waals surface area contributed by atoms with Crippen LogP contribution in [0.15, 0.2) is 85.1 Å². The predicted molar refractivity (Wildman–Crippen MR) is 135 cm³/mol. The van der Waals surface area contributed by atoms with Crippen LogP contribution in [0.1, 0.15) is 42.9 Å². The first-order chi connectivity index (χ1) is 16.0. The molecule has 0 aliphatic heterocycles. The zero-order valence-electron chi connectivity index (χ0n) is 19.6. The highest BCUT2D eigenvalue weighted by Crippen LogP contribution is 2.35. The Balaban J connectivity index is 1.75. The minimum Gasteiger partial charge on any atom is -0.497 e. The molecule has 4 heteroatoms. The van der Waals surface area contributed by atoms with Gasteiger partial charge in [-0.15, -0.1) is 0 Å². The van der Waals surface area contributed by atoms with Gasteiger partial charge in [0.2, 0.25) is 5.91 Å². The highest BCUT2D eigenvalue weighted by Gasteiger charge is 2.23. The summed E-state index contributed by atoms with van der Waals surface area (Å²) in [5.41, 5.74) is 4.71. The van der Waals surface area contributed by atoms with Gasteiger partial charge in [-0.1, -0.05) is 74.5 Å². The fourth-order valence-corrected chi connectivity index (χ4v) is 4.28. The molecule has 4 nitrogen and oxygen atoms in total. The Labute approximate surface area is 196 Å². The molecule has 0 spiro atoms. The first kappa shape index (κ1) is 22.7. The number of hydrogen-bond acceptors (Lipinski definition) is 2. The van der Waals surface area contributed by atoms with E-state index >= 15 is 0 Å². The van der Waals surface area contributed by atoms with Crippen molar-refractivity contribution < 1.29 is 9.53 Å². The Morgan fingerprint density at radius 3 is 2.33 bits per heavy atom. The molecule has 33 heavy (non-hydrogen) atoms. The quantitative estimate of drug-likeness (QED) is 0.347. The van der Waals surface area contributed by atoms with Crippen molar-refractivity contribution in [1.82, 2.24) is 9.88 Å². The van der Waals surface area contributed by atoms with Gasteiger partial charge in [0.25, 0.3) is 0 Å². The number of rotatable bonds is 9. The number of fused-ring (bicyclic) bond motifs is 1. The minimum absolute atomic E-state index is 0.0509. The van der Waals surface area contributed by atoms with Gasteiger partial charge >= 0.3 is 0 Å². The van der Waals surface area contributed by atoms with Crippen molar-refractivity contribution in [3.05, 3.63) is 102 Å². The lowest BCUT2D eigenvalue weighted by atomic mass is 9.88. The van der Waals surface area contributed by atoms with Crippen molar-refractivity contribution in [2.75, 3.05) is 13.7 Å². The molecule has 0 saturated carbocycles. The zero-order valence-corrected chi connectivity index (χ0v) is 19.6. The topological polar surface area (TPSA) is 43.3 Å². The van der Waals surface area contributed by atoms with E-state index in [0.717, 1.165) is 17.9 Å². The molecule has 4 rings (SSSR count). The lowest BCUT2D eigenvalue weighted by molar-refractivity contribution is -0.121. The Morgan fingerprint density at radius 2 is 1.64 bits per heavy atom. The van der Waals surface area contributed by atoms with Gasteiger partial charge in [0.05, 0.1) is 7.11 Å². The number of hydrogen-bond donors (Lipinski definition) is 1. The van der Waals surface area contributed by atoms with Crippen molar-refractivity contribution in [2.45, 2.75) is 32.7 Å². The molecule has 170 valence electrons. The molecule has 1 aromatic heterocycles. The summed E-state index contributed by atoms with van der Waals surface area (Å²) in [4.78, 5) is 12.9. The van der Waals surface area contributed by atoms with Crippen LogP contribution in [0.3, 0.4) is 0 Å². The van der Waals surface area contributed by atoms with Crippen molar-refractivity contribution in [1.29, 1.82) is 0 Å². The van der Waals surface area contributed by atoms with Crippen LogP contribution in [0.5, 0.6) is 5.75 Å². The van der Waals surface area contributed by atoms with Crippen molar-refractivity contribution in [3.8, 4) is 5.75 Å². The molecule has 0 fully saturated rings. The highest BCUT2D eigenvalue weighted by atomic mass is 16.5. The molecule has 0 aliphatic rings. The van der Waals surface area contributed by atoms with Crippen molar-refractivity contribution in [2.24, 2.45) is 5.92 Å². The van der Waals surface area contributed by atoms with Gasteiger partial charge in [-0.2, -0.15) is 0 Å². The SMILES string of the molecule is COc1ccc([C@H](CC(=O)NCC(C)C)c2cn(Cc3ccccc3)c3ccccc23)cc1. The van der Waals surface area contributed by atoms with Gasteiger partial charge in [0, 0.05) is 42.5 Å². The van der Waals surface area contributed by atoms with E-state index in [1.54, 1.807) is 7.11 Å². The lowest BCUT2D eigenvalue weighted by Crippen LogP contribution is -2.28. The Bertz CT molecular complexity index is 1190. The Kier molecular flexibility index (Phi) is 7.13. The highest BCUT2D eigenvalue weighted by molar-refractivity contribution is 5.86. The second-order valence-corrected chi connectivity index (χ2v) is 8.94. The minimum atomic E-state index is -0.0509. The van der Waals surface area contributed by atoms with Crippen molar-refractivity contribution >= 4 is 16.8 Å². The van der Waals surface area contributed by atoms with E-state index in [4.69, 9.17) is 4.74 Å². The van der Waals surface area contributed by atoms with E-state index in [2.05, 4.69) is 90.6 Å². The van der Waals surface area contributed by atoms with Gasteiger partial charge in [-0.25, -0.2) is 0 Å². The number of methoxy groups -OCH3 is 1. The third kappa shape index (κ3) is 5.46. The van der Waals surface area contributed by atoms with Gasteiger partial charge in [-0.3, -0.25) is 4.79 Å². The van der Waals surface area contributed by atoms with Crippen LogP contribution >= 0.6 is 0 Å². The maximum atomic E-state index is 12.9. The summed E-state index contributed by atoms with van der Waals surface area (Å²) < 4.78 is 7.65. The summed E-state index contributed by atoms with van der Waals surface area (Å²) in [6.45, 7) is 5.69. The number of aromatic nitrogens is 1. The van der Waals surface area contributed by atoms with Crippen LogP contribution in [0, 0.1) is 5.92 Å². The van der Waals surface area contributed by atoms with Crippen molar-refractivity contribution in [3.63, 3.8) is 0 Å². The number of para-hydroxylation sites is 1. The first-order valence-electron chi connectivity index (χ1n) is 11.6. The van der Waals surface area contributed by atoms with Gasteiger partial charge in [0.15, 0.2) is 0 Å². The van der Waals surface area contributed by atoms with Crippen LogP contribution in [0.25, 0.3) is 10.9 Å². The van der Waals surface area contributed by atoms with Gasteiger partial charge in [0.1, 0.15) is 5.75 Å². The smallest absolute Gasteiger partial charge is 0.220 e. The van der Waals surface area contributed by atoms with E-state index in [1.807, 2.05) is 18.2 Å². The average molecular weight is 441 g/mol. The molecule has 0 unspecified atom stereocenters. The molecule has 1 heterocycles. The van der Waals surface area contributed by atoms with Gasteiger partial charge in [-0.05, 0) is 40.8 Å². The molecule has 0 bridgehead atoms. The van der Waals surface area contributed by atoms with Gasteiger partial charge < -0.3 is 14.6 Å². The normalized spacial score (nSPS) is 12.1. The number of carbonyl (C=O) groups excluding carboxylic acids is 1. The summed E-state index contributed by atoms with van der Waals surface area (Å²) in [6.07, 6.45) is 2.63. The van der Waals surface area contributed by atoms with Crippen LogP contribution < -0.4 is 10.1 Å². The Hall–Kier alpha value is -3.53. The molecule has 1 atom stereocenters. The van der Waals surface area contributed by atoms with Crippen LogP contribution in [0.4, 0.5) is 0 Å². The van der Waals surface area contributed by atoms with Crippen LogP contribution in [0.2, 0.25) is 0 Å². The summed E-state index contributed by atoms with van der Waals surface area (Å²) >= 11 is 0. The monoisotopic (exact) mass is 440 g/mol. The van der Waals surface area contributed by atoms with E-state index < -0.39 is 0 Å². The zero-order chi connectivity index (χ0) is 23.2. The third-order valence-corrected chi connectivity index (χ3v) is 6.01. The van der Waals surface area contributed by atoms with Crippen LogP contribution in [-0.4, -0.2) is 24.1 Å². The standard InChI is InChI=1S/C29H32N2O2/c1-21(2)18-30-29(32)17-26(23-13-15-24(33-3)16-14-23)27-20-31(19-22-9-5-4-6-10-22)28-12-8-7-11-25(27)28/h4-16,20-21,26H,17-19H2,1-3H3,(H,30,32)/t26-/m0/s1. The molecule has 0 radical (unpaired) electrons. The third-order valence-electron chi connectivity index (χ3n) is 6.01. The summed E-state index contributed by atoms with van der Waals surface area (Å²) in [5.74, 6) is 1.25. The summed E-state index contributed by atoms with van der Waals surface area (Å²) in [5, 5.41) is 4.28. The number of carbonyl (C=O) groups is 1. The maximum absolute atomic E-state index is 12.9. The molecule has 3 aromatic carbocycles. The first-order valence-corrected chi connectivity index (χ1v) is 11.6. The molecule has 4 aromatic rings. The number of benzene rings is 3. The second kappa shape index (κ2) is 10.4. The average Bonchev–Trinajstić information content (AvgIpc) is 3.20. The molecule has 1 N–H and O–H groups in total. The molecular weight excluding hydrogens is 408 g/mol.